The summed E-state index contributed by atoms with van der Waals surface area (Å²) in [5, 5.41) is 2.69. The molecule has 3 heterocycles. The van der Waals surface area contributed by atoms with E-state index >= 15 is 0 Å². The van der Waals surface area contributed by atoms with Crippen LogP contribution in [0, 0.1) is 0 Å². The first-order valence-corrected chi connectivity index (χ1v) is 10.9. The minimum absolute atomic E-state index is 0.0146. The van der Waals surface area contributed by atoms with Crippen LogP contribution in [0.1, 0.15) is 39.2 Å². The molecule has 0 saturated carbocycles. The highest BCUT2D eigenvalue weighted by atomic mass is 16.6. The fourth-order valence-electron chi connectivity index (χ4n) is 3.99. The maximum absolute atomic E-state index is 12.2. The molecule has 9 heteroatoms. The summed E-state index contributed by atoms with van der Waals surface area (Å²) in [6.07, 6.45) is 4.21. The molecule has 9 nitrogen and oxygen atoms in total. The highest BCUT2D eigenvalue weighted by Gasteiger charge is 2.28. The Hall–Kier alpha value is -3.36. The van der Waals surface area contributed by atoms with E-state index in [4.69, 9.17) is 9.47 Å². The van der Waals surface area contributed by atoms with Crippen molar-refractivity contribution in [3.05, 3.63) is 36.2 Å². The summed E-state index contributed by atoms with van der Waals surface area (Å²) >= 11 is 0. The predicted molar refractivity (Wildman–Crippen MR) is 120 cm³/mol. The highest BCUT2D eigenvalue weighted by molar-refractivity contribution is 5.76. The van der Waals surface area contributed by atoms with Gasteiger partial charge in [0.25, 0.3) is 0 Å². The van der Waals surface area contributed by atoms with Gasteiger partial charge < -0.3 is 24.6 Å². The number of likely N-dealkylation sites (tertiary alicyclic amines) is 1. The van der Waals surface area contributed by atoms with E-state index in [-0.39, 0.29) is 12.2 Å². The number of piperidine rings is 1. The van der Waals surface area contributed by atoms with E-state index in [1.165, 1.54) is 6.33 Å². The van der Waals surface area contributed by atoms with E-state index in [2.05, 4.69) is 20.2 Å². The van der Waals surface area contributed by atoms with E-state index in [0.717, 1.165) is 48.6 Å². The molecule has 1 N–H and O–H groups in total. The summed E-state index contributed by atoms with van der Waals surface area (Å²) in [7, 11) is 0. The largest absolute Gasteiger partial charge is 0.474 e. The molecule has 0 radical (unpaired) electrons. The van der Waals surface area contributed by atoms with Crippen molar-refractivity contribution >= 4 is 29.7 Å². The molecule has 1 saturated heterocycles. The Bertz CT molecular complexity index is 983. The van der Waals surface area contributed by atoms with E-state index in [1.807, 2.05) is 45.0 Å². The summed E-state index contributed by atoms with van der Waals surface area (Å²) in [4.78, 5) is 35.5. The van der Waals surface area contributed by atoms with Crippen LogP contribution >= 0.6 is 0 Å². The van der Waals surface area contributed by atoms with Gasteiger partial charge >= 0.3 is 6.09 Å². The number of nitrogens with one attached hydrogen (secondary N) is 1. The third-order valence-corrected chi connectivity index (χ3v) is 5.49. The number of rotatable bonds is 5. The fraction of sp³-hybridized carbons (Fsp3) is 0.478. The van der Waals surface area contributed by atoms with Gasteiger partial charge in [0.15, 0.2) is 0 Å². The van der Waals surface area contributed by atoms with Crippen molar-refractivity contribution in [1.82, 2.24) is 14.9 Å². The minimum Gasteiger partial charge on any atom is -0.474 e. The molecule has 0 bridgehead atoms. The Morgan fingerprint density at radius 3 is 2.66 bits per heavy atom. The summed E-state index contributed by atoms with van der Waals surface area (Å²) in [5.74, 6) is 1.30. The summed E-state index contributed by atoms with van der Waals surface area (Å²) in [6, 6.07) is 7.71. The van der Waals surface area contributed by atoms with Crippen LogP contribution in [0.3, 0.4) is 0 Å². The Labute approximate surface area is 187 Å². The fourth-order valence-corrected chi connectivity index (χ4v) is 3.99. The number of nitrogens with zero attached hydrogens (tertiary/aromatic N) is 4. The Kier molecular flexibility index (Phi) is 6.16. The molecule has 2 aliphatic rings. The van der Waals surface area contributed by atoms with E-state index < -0.39 is 5.60 Å². The van der Waals surface area contributed by atoms with Gasteiger partial charge in [-0.2, -0.15) is 0 Å². The molecule has 0 spiro atoms. The molecule has 2 amide bonds. The second-order valence-corrected chi connectivity index (χ2v) is 9.01. The standard InChI is InChI=1S/C23H29N5O4/c1-23(2,3)32-22(30)27-9-7-18(8-10-27)31-21-13-20(24-14-25-21)28-11-6-16-12-17(26-15-29)4-5-19(16)28/h4-5,12-15,18H,6-11H2,1-3H3,(H,26,29). The lowest BCUT2D eigenvalue weighted by Crippen LogP contribution is -2.44. The molecule has 0 unspecified atom stereocenters. The Morgan fingerprint density at radius 1 is 1.16 bits per heavy atom. The number of aromatic nitrogens is 2. The van der Waals surface area contributed by atoms with Crippen LogP contribution in [0.2, 0.25) is 0 Å². The van der Waals surface area contributed by atoms with Gasteiger partial charge in [-0.25, -0.2) is 14.8 Å². The monoisotopic (exact) mass is 439 g/mol. The number of hydrogen-bond acceptors (Lipinski definition) is 7. The zero-order chi connectivity index (χ0) is 22.7. The van der Waals surface area contributed by atoms with Gasteiger partial charge in [-0.05, 0) is 51.0 Å². The van der Waals surface area contributed by atoms with Crippen LogP contribution in [-0.4, -0.2) is 58.7 Å². The van der Waals surface area contributed by atoms with Crippen molar-refractivity contribution in [3.8, 4) is 5.88 Å². The summed E-state index contributed by atoms with van der Waals surface area (Å²) in [6.45, 7) is 7.58. The predicted octanol–water partition coefficient (Wildman–Crippen LogP) is 3.52. The molecule has 32 heavy (non-hydrogen) atoms. The molecule has 2 aromatic rings. The van der Waals surface area contributed by atoms with E-state index in [9.17, 15) is 9.59 Å². The Balaban J connectivity index is 1.37. The molecule has 2 aliphatic heterocycles. The molecular formula is C23H29N5O4. The smallest absolute Gasteiger partial charge is 0.410 e. The zero-order valence-electron chi connectivity index (χ0n) is 18.7. The molecular weight excluding hydrogens is 410 g/mol. The van der Waals surface area contributed by atoms with Gasteiger partial charge in [0.2, 0.25) is 12.3 Å². The molecule has 170 valence electrons. The molecule has 1 aromatic heterocycles. The van der Waals surface area contributed by atoms with Crippen LogP contribution in [0.25, 0.3) is 0 Å². The second-order valence-electron chi connectivity index (χ2n) is 9.01. The lowest BCUT2D eigenvalue weighted by atomic mass is 10.1. The van der Waals surface area contributed by atoms with Crippen molar-refractivity contribution < 1.29 is 19.1 Å². The van der Waals surface area contributed by atoms with Crippen molar-refractivity contribution in [1.29, 1.82) is 0 Å². The number of amides is 2. The average molecular weight is 440 g/mol. The average Bonchev–Trinajstić information content (AvgIpc) is 3.17. The maximum atomic E-state index is 12.2. The normalized spacial score (nSPS) is 16.5. The number of carbonyl (C=O) groups excluding carboxylic acids is 2. The number of carbonyl (C=O) groups is 2. The minimum atomic E-state index is -0.497. The first-order valence-electron chi connectivity index (χ1n) is 10.9. The lowest BCUT2D eigenvalue weighted by molar-refractivity contribution is -0.105. The number of hydrogen-bond donors (Lipinski definition) is 1. The van der Waals surface area contributed by atoms with Gasteiger partial charge in [0.05, 0.1) is 0 Å². The molecule has 1 fully saturated rings. The quantitative estimate of drug-likeness (QED) is 0.712. The number of ether oxygens (including phenoxy) is 2. The van der Waals surface area contributed by atoms with E-state index in [1.54, 1.807) is 4.90 Å². The molecule has 0 aliphatic carbocycles. The molecule has 4 rings (SSSR count). The summed E-state index contributed by atoms with van der Waals surface area (Å²) in [5.41, 5.74) is 2.51. The Morgan fingerprint density at radius 2 is 1.94 bits per heavy atom. The first-order chi connectivity index (χ1) is 15.3. The van der Waals surface area contributed by atoms with Gasteiger partial charge in [-0.3, -0.25) is 4.79 Å². The van der Waals surface area contributed by atoms with Crippen LogP contribution in [0.4, 0.5) is 22.0 Å². The topological polar surface area (TPSA) is 96.9 Å². The van der Waals surface area contributed by atoms with Crippen LogP contribution < -0.4 is 15.0 Å². The highest BCUT2D eigenvalue weighted by Crippen LogP contribution is 2.36. The lowest BCUT2D eigenvalue weighted by Gasteiger charge is -2.33. The van der Waals surface area contributed by atoms with Gasteiger partial charge in [0.1, 0.15) is 23.9 Å². The number of anilines is 3. The van der Waals surface area contributed by atoms with Crippen molar-refractivity contribution in [3.63, 3.8) is 0 Å². The molecule has 0 atom stereocenters. The van der Waals surface area contributed by atoms with Gasteiger partial charge in [-0.15, -0.1) is 0 Å². The SMILES string of the molecule is CC(C)(C)OC(=O)N1CCC(Oc2cc(N3CCc4cc(NC=O)ccc43)ncn2)CC1. The number of fused-ring (bicyclic) bond motifs is 1. The van der Waals surface area contributed by atoms with Gasteiger partial charge in [0, 0.05) is 49.9 Å². The van der Waals surface area contributed by atoms with E-state index in [0.29, 0.717) is 25.4 Å². The summed E-state index contributed by atoms with van der Waals surface area (Å²) < 4.78 is 11.6. The first kappa shape index (κ1) is 21.9. The second kappa shape index (κ2) is 9.02. The zero-order valence-corrected chi connectivity index (χ0v) is 18.7. The van der Waals surface area contributed by atoms with Gasteiger partial charge in [-0.1, -0.05) is 0 Å². The van der Waals surface area contributed by atoms with Crippen LogP contribution in [0.5, 0.6) is 5.88 Å². The number of benzene rings is 1. The van der Waals surface area contributed by atoms with Crippen molar-refractivity contribution in [2.45, 2.75) is 51.7 Å². The van der Waals surface area contributed by atoms with Crippen molar-refractivity contribution in [2.24, 2.45) is 0 Å². The third kappa shape index (κ3) is 5.09. The van der Waals surface area contributed by atoms with Crippen molar-refractivity contribution in [2.75, 3.05) is 29.9 Å². The van der Waals surface area contributed by atoms with Crippen LogP contribution in [0.15, 0.2) is 30.6 Å². The molecule has 1 aromatic carbocycles. The maximum Gasteiger partial charge on any atom is 0.410 e. The van der Waals surface area contributed by atoms with Crippen LogP contribution in [-0.2, 0) is 16.0 Å². The third-order valence-electron chi connectivity index (χ3n) is 5.49.